The predicted octanol–water partition coefficient (Wildman–Crippen LogP) is 3.26. The molecule has 2 aliphatic heterocycles. The van der Waals surface area contributed by atoms with E-state index in [9.17, 15) is 9.59 Å². The van der Waals surface area contributed by atoms with Gasteiger partial charge in [-0.3, -0.25) is 9.59 Å². The highest BCUT2D eigenvalue weighted by molar-refractivity contribution is 5.83. The van der Waals surface area contributed by atoms with E-state index in [1.807, 2.05) is 0 Å². The van der Waals surface area contributed by atoms with Crippen molar-refractivity contribution in [3.8, 4) is 0 Å². The Kier molecular flexibility index (Phi) is 3.67. The molecule has 4 heteroatoms. The van der Waals surface area contributed by atoms with Crippen LogP contribution >= 0.6 is 0 Å². The summed E-state index contributed by atoms with van der Waals surface area (Å²) in [6.45, 7) is 3.91. The average molecular weight is 353 g/mol. The molecule has 2 heterocycles. The van der Waals surface area contributed by atoms with Crippen molar-refractivity contribution < 1.29 is 14.3 Å². The van der Waals surface area contributed by atoms with Crippen molar-refractivity contribution in [2.75, 3.05) is 20.2 Å². The van der Waals surface area contributed by atoms with Gasteiger partial charge in [0.25, 0.3) is 0 Å². The van der Waals surface area contributed by atoms with Crippen LogP contribution in [0.25, 0.3) is 0 Å². The van der Waals surface area contributed by atoms with Crippen molar-refractivity contribution >= 4 is 11.9 Å². The van der Waals surface area contributed by atoms with E-state index in [0.29, 0.717) is 23.7 Å². The molecule has 2 bridgehead atoms. The van der Waals surface area contributed by atoms with Crippen molar-refractivity contribution in [3.63, 3.8) is 0 Å². The molecule has 0 spiro atoms. The quantitative estimate of drug-likeness (QED) is 0.680. The zero-order valence-electron chi connectivity index (χ0n) is 15.7. The molecule has 1 amide bonds. The zero-order valence-corrected chi connectivity index (χ0v) is 15.7. The van der Waals surface area contributed by atoms with Crippen molar-refractivity contribution in [1.82, 2.24) is 4.90 Å². The van der Waals surface area contributed by atoms with E-state index in [4.69, 9.17) is 4.74 Å². The maximum atomic E-state index is 12.7. The second-order valence-corrected chi connectivity index (χ2v) is 8.77. The first kappa shape index (κ1) is 16.3. The van der Waals surface area contributed by atoms with Gasteiger partial charge in [-0.25, -0.2) is 0 Å². The number of hydrogen-bond acceptors (Lipinski definition) is 3. The van der Waals surface area contributed by atoms with Gasteiger partial charge in [0, 0.05) is 19.0 Å². The summed E-state index contributed by atoms with van der Waals surface area (Å²) < 4.78 is 5.12. The summed E-state index contributed by atoms with van der Waals surface area (Å²) >= 11 is 0. The topological polar surface area (TPSA) is 46.6 Å². The molecule has 5 atom stereocenters. The Hall–Kier alpha value is -1.84. The molecule has 26 heavy (non-hydrogen) atoms. The summed E-state index contributed by atoms with van der Waals surface area (Å²) in [7, 11) is 1.51. The van der Waals surface area contributed by atoms with Gasteiger partial charge in [0.1, 0.15) is 0 Å². The number of hydrogen-bond donors (Lipinski definition) is 0. The summed E-state index contributed by atoms with van der Waals surface area (Å²) in [5, 5.41) is 0. The third kappa shape index (κ3) is 2.20. The van der Waals surface area contributed by atoms with Crippen LogP contribution in [0.15, 0.2) is 34.4 Å². The molecule has 138 valence electrons. The van der Waals surface area contributed by atoms with Crippen molar-refractivity contribution in [3.05, 3.63) is 34.4 Å². The van der Waals surface area contributed by atoms with Gasteiger partial charge in [-0.2, -0.15) is 0 Å². The minimum absolute atomic E-state index is 0.00910. The Bertz CT molecular complexity index is 774. The Morgan fingerprint density at radius 1 is 1.23 bits per heavy atom. The van der Waals surface area contributed by atoms with Crippen LogP contribution in [-0.2, 0) is 14.3 Å². The van der Waals surface area contributed by atoms with Crippen LogP contribution in [0, 0.1) is 29.6 Å². The normalized spacial score (nSPS) is 38.2. The van der Waals surface area contributed by atoms with E-state index in [1.54, 1.807) is 5.57 Å². The fraction of sp³-hybridized carbons (Fsp3) is 0.636. The molecule has 0 aromatic rings. The van der Waals surface area contributed by atoms with Crippen LogP contribution in [0.3, 0.4) is 0 Å². The van der Waals surface area contributed by atoms with Crippen LogP contribution in [0.1, 0.15) is 39.0 Å². The van der Waals surface area contributed by atoms with Gasteiger partial charge in [0.05, 0.1) is 18.9 Å². The van der Waals surface area contributed by atoms with Crippen molar-refractivity contribution in [1.29, 1.82) is 0 Å². The van der Waals surface area contributed by atoms with Crippen LogP contribution in [0.5, 0.6) is 0 Å². The Labute approximate surface area is 155 Å². The van der Waals surface area contributed by atoms with Crippen LogP contribution in [0.2, 0.25) is 0 Å². The first-order valence-corrected chi connectivity index (χ1v) is 10.1. The lowest BCUT2D eigenvalue weighted by Gasteiger charge is -2.27. The minimum Gasteiger partial charge on any atom is -0.469 e. The number of esters is 1. The summed E-state index contributed by atoms with van der Waals surface area (Å²) in [5.41, 5.74) is 5.89. The average Bonchev–Trinajstić information content (AvgIpc) is 3.25. The van der Waals surface area contributed by atoms with E-state index in [1.165, 1.54) is 23.8 Å². The lowest BCUT2D eigenvalue weighted by atomic mass is 9.87. The third-order valence-corrected chi connectivity index (χ3v) is 7.47. The summed E-state index contributed by atoms with van der Waals surface area (Å²) in [4.78, 5) is 27.1. The molecular formula is C22H27NO3. The monoisotopic (exact) mass is 353 g/mol. The van der Waals surface area contributed by atoms with Crippen molar-refractivity contribution in [2.45, 2.75) is 39.0 Å². The summed E-state index contributed by atoms with van der Waals surface area (Å²) in [5.74, 6) is 1.42. The van der Waals surface area contributed by atoms with Crippen LogP contribution in [-0.4, -0.2) is 37.0 Å². The number of carbonyl (C=O) groups excluding carboxylic acids is 2. The number of nitrogens with zero attached hydrogens (tertiary/aromatic N) is 1. The molecule has 4 nitrogen and oxygen atoms in total. The molecule has 1 saturated heterocycles. The SMILES string of the molecule is COC(=O)C1CC2=C3C=CC4C(=O)N(CC3CCC3=C2C1CC3)CC4C. The third-order valence-electron chi connectivity index (χ3n) is 7.47. The number of ether oxygens (including phenoxy) is 1. The van der Waals surface area contributed by atoms with Gasteiger partial charge < -0.3 is 9.64 Å². The number of methoxy groups -OCH3 is 1. The molecule has 3 aliphatic carbocycles. The first-order chi connectivity index (χ1) is 12.6. The first-order valence-electron chi connectivity index (χ1n) is 10.1. The van der Waals surface area contributed by atoms with Crippen LogP contribution in [0.4, 0.5) is 0 Å². The van der Waals surface area contributed by atoms with Crippen LogP contribution < -0.4 is 0 Å². The van der Waals surface area contributed by atoms with Gasteiger partial charge in [-0.1, -0.05) is 24.6 Å². The Morgan fingerprint density at radius 2 is 2.04 bits per heavy atom. The van der Waals surface area contributed by atoms with E-state index in [0.717, 1.165) is 45.2 Å². The highest BCUT2D eigenvalue weighted by Gasteiger charge is 2.47. The highest BCUT2D eigenvalue weighted by atomic mass is 16.5. The van der Waals surface area contributed by atoms with E-state index < -0.39 is 0 Å². The lowest BCUT2D eigenvalue weighted by Crippen LogP contribution is -2.34. The molecule has 0 aromatic carbocycles. The Morgan fingerprint density at radius 3 is 2.85 bits per heavy atom. The molecule has 0 radical (unpaired) electrons. The predicted molar refractivity (Wildman–Crippen MR) is 98.0 cm³/mol. The summed E-state index contributed by atoms with van der Waals surface area (Å²) in [6, 6.07) is 0. The minimum atomic E-state index is -0.0519. The van der Waals surface area contributed by atoms with Gasteiger partial charge in [0.15, 0.2) is 0 Å². The number of amides is 1. The lowest BCUT2D eigenvalue weighted by molar-refractivity contribution is -0.146. The second-order valence-electron chi connectivity index (χ2n) is 8.77. The molecule has 1 saturated carbocycles. The molecular weight excluding hydrogens is 326 g/mol. The Balaban J connectivity index is 1.61. The maximum absolute atomic E-state index is 12.7. The number of rotatable bonds is 1. The standard InChI is InChI=1S/C22H27NO3/c1-12-10-23-11-14-4-3-13-5-6-17-19(22(25)26-2)9-18(20(13)17)16(14)8-7-15(12)21(23)24/h7-8,12,14-15,17,19H,3-6,9-11H2,1-2H3. The molecule has 2 fully saturated rings. The smallest absolute Gasteiger partial charge is 0.309 e. The van der Waals surface area contributed by atoms with Crippen molar-refractivity contribution in [2.24, 2.45) is 29.6 Å². The van der Waals surface area contributed by atoms with E-state index >= 15 is 0 Å². The molecule has 5 unspecified atom stereocenters. The summed E-state index contributed by atoms with van der Waals surface area (Å²) in [6.07, 6.45) is 9.70. The molecule has 0 N–H and O–H groups in total. The molecule has 5 rings (SSSR count). The van der Waals surface area contributed by atoms with Gasteiger partial charge in [0.2, 0.25) is 5.91 Å². The number of fused-ring (bicyclic) bond motifs is 3. The largest absolute Gasteiger partial charge is 0.469 e. The number of allylic oxidation sites excluding steroid dienone is 4. The fourth-order valence-corrected chi connectivity index (χ4v) is 6.21. The highest BCUT2D eigenvalue weighted by Crippen LogP contribution is 2.55. The van der Waals surface area contributed by atoms with Gasteiger partial charge in [-0.15, -0.1) is 0 Å². The van der Waals surface area contributed by atoms with E-state index in [2.05, 4.69) is 24.0 Å². The van der Waals surface area contributed by atoms with Gasteiger partial charge >= 0.3 is 5.97 Å². The van der Waals surface area contributed by atoms with Gasteiger partial charge in [-0.05, 0) is 60.7 Å². The van der Waals surface area contributed by atoms with E-state index in [-0.39, 0.29) is 17.8 Å². The fourth-order valence-electron chi connectivity index (χ4n) is 6.21. The second kappa shape index (κ2) is 5.83. The zero-order chi connectivity index (χ0) is 18.0. The molecule has 5 aliphatic rings. The maximum Gasteiger partial charge on any atom is 0.309 e. The molecule has 0 aromatic heterocycles. The number of carbonyl (C=O) groups is 2.